The number of hydrogen-bond donors (Lipinski definition) is 2. The molecule has 2 amide bonds. The summed E-state index contributed by atoms with van der Waals surface area (Å²) >= 11 is 0. The van der Waals surface area contributed by atoms with Crippen molar-refractivity contribution in [3.05, 3.63) is 72.2 Å². The summed E-state index contributed by atoms with van der Waals surface area (Å²) in [6, 6.07) is 13.4. The van der Waals surface area contributed by atoms with Gasteiger partial charge in [-0.05, 0) is 54.5 Å². The van der Waals surface area contributed by atoms with Crippen molar-refractivity contribution < 1.29 is 24.3 Å². The van der Waals surface area contributed by atoms with Gasteiger partial charge in [0.25, 0.3) is 5.91 Å². The van der Waals surface area contributed by atoms with Crippen LogP contribution in [0.2, 0.25) is 0 Å². The van der Waals surface area contributed by atoms with Gasteiger partial charge in [0.15, 0.2) is 6.29 Å². The van der Waals surface area contributed by atoms with Crippen LogP contribution in [0.5, 0.6) is 0 Å². The average Bonchev–Trinajstić information content (AvgIpc) is 3.39. The number of pyridine rings is 2. The van der Waals surface area contributed by atoms with Crippen molar-refractivity contribution in [2.24, 2.45) is 0 Å². The van der Waals surface area contributed by atoms with Crippen LogP contribution < -0.4 is 10.4 Å². The molecule has 0 aliphatic carbocycles. The average molecular weight is 518 g/mol. The van der Waals surface area contributed by atoms with Gasteiger partial charge in [-0.15, -0.1) is 0 Å². The molecule has 3 aromatic rings. The van der Waals surface area contributed by atoms with Gasteiger partial charge in [-0.1, -0.05) is 24.3 Å². The lowest BCUT2D eigenvalue weighted by atomic mass is 10.1. The highest BCUT2D eigenvalue weighted by atomic mass is 16.8. The predicted molar refractivity (Wildman–Crippen MR) is 142 cm³/mol. The van der Waals surface area contributed by atoms with Crippen LogP contribution in [0.15, 0.2) is 60.9 Å². The van der Waals surface area contributed by atoms with E-state index in [4.69, 9.17) is 9.57 Å². The van der Waals surface area contributed by atoms with Crippen LogP contribution in [0, 0.1) is 0 Å². The zero-order valence-corrected chi connectivity index (χ0v) is 21.0. The monoisotopic (exact) mass is 517 g/mol. The van der Waals surface area contributed by atoms with Crippen LogP contribution >= 0.6 is 0 Å². The first kappa shape index (κ1) is 25.8. The molecule has 2 atom stereocenters. The van der Waals surface area contributed by atoms with E-state index in [1.54, 1.807) is 24.4 Å². The first-order valence-electron chi connectivity index (χ1n) is 12.8. The third kappa shape index (κ3) is 6.52. The number of nitrogens with one attached hydrogen (secondary N) is 1. The van der Waals surface area contributed by atoms with E-state index in [1.807, 2.05) is 24.4 Å². The Bertz CT molecular complexity index is 1290. The number of likely N-dealkylation sites (tertiary alicyclic amines) is 1. The molecule has 0 bridgehead atoms. The molecule has 10 heteroatoms. The highest BCUT2D eigenvalue weighted by Crippen LogP contribution is 2.24. The van der Waals surface area contributed by atoms with E-state index in [9.17, 15) is 14.7 Å². The molecular weight excluding hydrogens is 486 g/mol. The molecule has 1 unspecified atom stereocenters. The predicted octanol–water partition coefficient (Wildman–Crippen LogP) is 3.98. The number of ether oxygens (including phenoxy) is 1. The number of aromatic nitrogens is 2. The van der Waals surface area contributed by atoms with Crippen LogP contribution in [-0.2, 0) is 20.9 Å². The maximum Gasteiger partial charge on any atom is 0.413 e. The fourth-order valence-electron chi connectivity index (χ4n) is 4.82. The highest BCUT2D eigenvalue weighted by Gasteiger charge is 2.32. The van der Waals surface area contributed by atoms with E-state index in [2.05, 4.69) is 32.5 Å². The lowest BCUT2D eigenvalue weighted by molar-refractivity contribution is -0.198. The zero-order chi connectivity index (χ0) is 26.3. The van der Waals surface area contributed by atoms with Gasteiger partial charge in [0.1, 0.15) is 5.82 Å². The quantitative estimate of drug-likeness (QED) is 0.341. The summed E-state index contributed by atoms with van der Waals surface area (Å²) in [6.45, 7) is 2.65. The van der Waals surface area contributed by atoms with Crippen LogP contribution in [0.1, 0.15) is 36.9 Å². The van der Waals surface area contributed by atoms with Gasteiger partial charge in [0, 0.05) is 56.5 Å². The first-order valence-corrected chi connectivity index (χ1v) is 12.8. The summed E-state index contributed by atoms with van der Waals surface area (Å²) in [7, 11) is 0. The zero-order valence-electron chi connectivity index (χ0n) is 21.0. The highest BCUT2D eigenvalue weighted by molar-refractivity contribution is 5.91. The van der Waals surface area contributed by atoms with Crippen molar-refractivity contribution in [2.45, 2.75) is 44.6 Å². The number of nitrogens with zero attached hydrogens (tertiary/aromatic N) is 4. The van der Waals surface area contributed by atoms with E-state index < -0.39 is 18.3 Å². The Kier molecular flexibility index (Phi) is 8.22. The van der Waals surface area contributed by atoms with Crippen LogP contribution in [0.4, 0.5) is 10.6 Å². The fourth-order valence-corrected chi connectivity index (χ4v) is 4.82. The second kappa shape index (κ2) is 12.1. The normalized spacial score (nSPS) is 20.1. The minimum atomic E-state index is -1.04. The Hall–Kier alpha value is -3.86. The number of carbonyl (C=O) groups excluding carboxylic acids is 1. The molecule has 0 radical (unpaired) electrons. The topological polar surface area (TPSA) is 117 Å². The smallest absolute Gasteiger partial charge is 0.413 e. The number of hydroxylamine groups is 1. The molecule has 2 fully saturated rings. The molecule has 198 valence electrons. The maximum absolute atomic E-state index is 12.2. The van der Waals surface area contributed by atoms with E-state index >= 15 is 0 Å². The van der Waals surface area contributed by atoms with Gasteiger partial charge in [-0.2, -0.15) is 0 Å². The van der Waals surface area contributed by atoms with E-state index in [1.165, 1.54) is 11.0 Å². The summed E-state index contributed by atoms with van der Waals surface area (Å²) in [4.78, 5) is 41.9. The fraction of sp³-hybridized carbons (Fsp3) is 0.357. The molecule has 0 saturated carbocycles. The maximum atomic E-state index is 12.2. The number of fused-ring (bicyclic) bond motifs is 1. The van der Waals surface area contributed by atoms with Gasteiger partial charge in [0.2, 0.25) is 0 Å². The van der Waals surface area contributed by atoms with Gasteiger partial charge in [-0.3, -0.25) is 19.6 Å². The largest absolute Gasteiger partial charge is 0.465 e. The van der Waals surface area contributed by atoms with Gasteiger partial charge < -0.3 is 9.84 Å². The van der Waals surface area contributed by atoms with Crippen molar-refractivity contribution in [1.82, 2.24) is 20.3 Å². The van der Waals surface area contributed by atoms with E-state index in [0.29, 0.717) is 37.5 Å². The molecule has 1 aromatic carbocycles. The molecule has 2 aliphatic rings. The second-order valence-corrected chi connectivity index (χ2v) is 9.52. The number of amides is 2. The third-order valence-corrected chi connectivity index (χ3v) is 6.77. The SMILES string of the molecule is O=C(C=Cc1ccc(N(C(=O)O)[C@@H]2CCN(Cc3cc4ccccc4cn3)C2)nc1)NOC1CCCCO1. The van der Waals surface area contributed by atoms with Gasteiger partial charge >= 0.3 is 6.09 Å². The van der Waals surface area contributed by atoms with Crippen molar-refractivity contribution >= 4 is 34.7 Å². The third-order valence-electron chi connectivity index (χ3n) is 6.77. The summed E-state index contributed by atoms with van der Waals surface area (Å²) < 4.78 is 5.41. The van der Waals surface area contributed by atoms with E-state index in [0.717, 1.165) is 42.3 Å². The molecule has 2 aromatic heterocycles. The number of carbonyl (C=O) groups is 2. The Morgan fingerprint density at radius 3 is 2.76 bits per heavy atom. The van der Waals surface area contributed by atoms with Crippen molar-refractivity contribution in [1.29, 1.82) is 0 Å². The summed E-state index contributed by atoms with van der Waals surface area (Å²) in [5, 5.41) is 12.2. The second-order valence-electron chi connectivity index (χ2n) is 9.52. The lowest BCUT2D eigenvalue weighted by Crippen LogP contribution is -2.41. The molecule has 5 rings (SSSR count). The molecule has 10 nitrogen and oxygen atoms in total. The number of anilines is 1. The molecule has 38 heavy (non-hydrogen) atoms. The van der Waals surface area contributed by atoms with Crippen molar-refractivity contribution in [3.63, 3.8) is 0 Å². The number of hydrogen-bond acceptors (Lipinski definition) is 7. The molecule has 2 aliphatic heterocycles. The molecule has 2 N–H and O–H groups in total. The van der Waals surface area contributed by atoms with Crippen molar-refractivity contribution in [3.8, 4) is 0 Å². The van der Waals surface area contributed by atoms with E-state index in [-0.39, 0.29) is 6.04 Å². The number of carboxylic acid groups (broad SMARTS) is 1. The first-order chi connectivity index (χ1) is 18.5. The number of benzene rings is 1. The molecule has 0 spiro atoms. The van der Waals surface area contributed by atoms with Crippen molar-refractivity contribution in [2.75, 3.05) is 24.6 Å². The van der Waals surface area contributed by atoms with Gasteiger partial charge in [-0.25, -0.2) is 20.1 Å². The Morgan fingerprint density at radius 1 is 1.13 bits per heavy atom. The molecular formula is C28H31N5O5. The lowest BCUT2D eigenvalue weighted by Gasteiger charge is -2.25. The summed E-state index contributed by atoms with van der Waals surface area (Å²) in [5.74, 6) is -0.0603. The van der Waals surface area contributed by atoms with Crippen LogP contribution in [-0.4, -0.2) is 64.0 Å². The van der Waals surface area contributed by atoms with Crippen LogP contribution in [0.3, 0.4) is 0 Å². The Morgan fingerprint density at radius 2 is 2.00 bits per heavy atom. The van der Waals surface area contributed by atoms with Gasteiger partial charge in [0.05, 0.1) is 11.7 Å². The van der Waals surface area contributed by atoms with Crippen LogP contribution in [0.25, 0.3) is 16.8 Å². The minimum absolute atomic E-state index is 0.216. The molecule has 4 heterocycles. The summed E-state index contributed by atoms with van der Waals surface area (Å²) in [5.41, 5.74) is 3.99. The Labute approximate surface area is 220 Å². The molecule has 2 saturated heterocycles. The number of rotatable bonds is 8. The Balaban J connectivity index is 1.16. The minimum Gasteiger partial charge on any atom is -0.465 e. The standard InChI is InChI=1S/C28H31N5O5/c34-26(31-38-27-7-3-4-14-37-27)11-9-20-8-10-25(30-16-20)33(28(35)36)24-12-13-32(19-24)18-23-15-21-5-1-2-6-22(21)17-29-23/h1-2,5-6,8-11,15-17,24,27H,3-4,7,12-14,18-19H2,(H,31,34)(H,35,36)/t24-,27?/m1/s1. The summed E-state index contributed by atoms with van der Waals surface area (Å²) in [6.07, 6.45) is 8.34.